The van der Waals surface area contributed by atoms with E-state index in [4.69, 9.17) is 4.52 Å². The minimum atomic E-state index is -0.125. The van der Waals surface area contributed by atoms with Crippen LogP contribution in [0, 0.1) is 19.8 Å². The van der Waals surface area contributed by atoms with Gasteiger partial charge in [-0.2, -0.15) is 0 Å². The number of piperidine rings is 1. The molecule has 0 saturated carbocycles. The topological polar surface area (TPSA) is 61.6 Å². The van der Waals surface area contributed by atoms with Crippen LogP contribution in [-0.4, -0.2) is 47.7 Å². The quantitative estimate of drug-likeness (QED) is 0.615. The molecule has 166 valence electrons. The average molecular weight is 431 g/mol. The van der Waals surface area contributed by atoms with E-state index in [1.807, 2.05) is 49.1 Å². The number of anilines is 1. The zero-order valence-corrected chi connectivity index (χ0v) is 19.0. The van der Waals surface area contributed by atoms with E-state index in [0.717, 1.165) is 71.9 Å². The summed E-state index contributed by atoms with van der Waals surface area (Å²) in [7, 11) is 2.17. The van der Waals surface area contributed by atoms with Crippen molar-refractivity contribution < 1.29 is 9.32 Å². The largest absolute Gasteiger partial charge is 0.361 e. The van der Waals surface area contributed by atoms with Gasteiger partial charge >= 0.3 is 6.03 Å². The Bertz CT molecular complexity index is 1100. The molecule has 1 fully saturated rings. The summed E-state index contributed by atoms with van der Waals surface area (Å²) >= 11 is 0. The molecule has 6 nitrogen and oxygen atoms in total. The lowest BCUT2D eigenvalue weighted by Gasteiger charge is -2.41. The van der Waals surface area contributed by atoms with Gasteiger partial charge in [0.1, 0.15) is 5.76 Å². The fraction of sp³-hybridized carbons (Fsp3) is 0.385. The van der Waals surface area contributed by atoms with Crippen molar-refractivity contribution in [2.24, 2.45) is 5.92 Å². The fourth-order valence-electron chi connectivity index (χ4n) is 5.13. The first-order chi connectivity index (χ1) is 15.5. The number of urea groups is 1. The van der Waals surface area contributed by atoms with Gasteiger partial charge < -0.3 is 19.6 Å². The number of likely N-dealkylation sites (tertiary alicyclic amines) is 1. The number of carbonyl (C=O) groups is 1. The van der Waals surface area contributed by atoms with Gasteiger partial charge in [0, 0.05) is 23.4 Å². The number of nitrogens with one attached hydrogen (secondary N) is 1. The number of nitrogens with zero attached hydrogens (tertiary/aromatic N) is 3. The standard InChI is InChI=1S/C26H30N4O2/c1-17-24(18(2)32-28-17)21-9-10-23-22(15-21)25(20-7-5-4-6-8-20)30(26(31)27-23)16-19-11-13-29(3)14-12-19/h4-10,15,19,25H,11-14,16H2,1-3H3,(H,27,31). The monoisotopic (exact) mass is 430 g/mol. The molecule has 0 spiro atoms. The van der Waals surface area contributed by atoms with Crippen molar-refractivity contribution in [3.63, 3.8) is 0 Å². The maximum absolute atomic E-state index is 13.3. The maximum Gasteiger partial charge on any atom is 0.322 e. The Morgan fingerprint density at radius 3 is 2.53 bits per heavy atom. The smallest absolute Gasteiger partial charge is 0.322 e. The third kappa shape index (κ3) is 3.79. The molecule has 1 aromatic heterocycles. The van der Waals surface area contributed by atoms with E-state index in [0.29, 0.717) is 5.92 Å². The molecule has 5 rings (SSSR count). The first-order valence-corrected chi connectivity index (χ1v) is 11.4. The number of amides is 2. The predicted octanol–water partition coefficient (Wildman–Crippen LogP) is 5.24. The molecular weight excluding hydrogens is 400 g/mol. The van der Waals surface area contributed by atoms with Crippen LogP contribution in [0.3, 0.4) is 0 Å². The van der Waals surface area contributed by atoms with Gasteiger partial charge in [-0.25, -0.2) is 4.79 Å². The Labute approximate surface area is 189 Å². The Balaban J connectivity index is 1.57. The summed E-state index contributed by atoms with van der Waals surface area (Å²) in [5.41, 5.74) is 6.09. The van der Waals surface area contributed by atoms with E-state index in [2.05, 4.69) is 40.6 Å². The maximum atomic E-state index is 13.3. The van der Waals surface area contributed by atoms with E-state index >= 15 is 0 Å². The number of fused-ring (bicyclic) bond motifs is 1. The third-order valence-electron chi connectivity index (χ3n) is 6.89. The van der Waals surface area contributed by atoms with Crippen LogP contribution in [0.25, 0.3) is 11.1 Å². The molecule has 32 heavy (non-hydrogen) atoms. The van der Waals surface area contributed by atoms with E-state index in [-0.39, 0.29) is 12.1 Å². The number of rotatable bonds is 4. The summed E-state index contributed by atoms with van der Waals surface area (Å²) in [6.45, 7) is 6.84. The molecule has 2 aliphatic heterocycles. The molecule has 2 aliphatic rings. The SMILES string of the molecule is Cc1noc(C)c1-c1ccc2c(c1)C(c1ccccc1)N(CC1CCN(C)CC1)C(=O)N2. The van der Waals surface area contributed by atoms with Gasteiger partial charge in [0.15, 0.2) is 0 Å². The van der Waals surface area contributed by atoms with Gasteiger partial charge in [0.05, 0.1) is 11.7 Å². The van der Waals surface area contributed by atoms with Crippen LogP contribution in [0.1, 0.15) is 41.5 Å². The molecule has 1 N–H and O–H groups in total. The predicted molar refractivity (Wildman–Crippen MR) is 126 cm³/mol. The highest BCUT2D eigenvalue weighted by Gasteiger charge is 2.35. The molecule has 1 saturated heterocycles. The Morgan fingerprint density at radius 1 is 1.09 bits per heavy atom. The molecule has 3 aromatic rings. The lowest BCUT2D eigenvalue weighted by molar-refractivity contribution is 0.150. The highest BCUT2D eigenvalue weighted by Crippen LogP contribution is 2.41. The molecule has 0 bridgehead atoms. The van der Waals surface area contributed by atoms with Gasteiger partial charge in [-0.15, -0.1) is 0 Å². The minimum Gasteiger partial charge on any atom is -0.361 e. The van der Waals surface area contributed by atoms with E-state index in [1.54, 1.807) is 0 Å². The molecule has 0 aliphatic carbocycles. The Kier molecular flexibility index (Phi) is 5.47. The van der Waals surface area contributed by atoms with Gasteiger partial charge in [-0.05, 0) is 76.0 Å². The first kappa shape index (κ1) is 20.8. The lowest BCUT2D eigenvalue weighted by atomic mass is 9.89. The number of benzene rings is 2. The fourth-order valence-corrected chi connectivity index (χ4v) is 5.13. The van der Waals surface area contributed by atoms with Crippen molar-refractivity contribution in [1.29, 1.82) is 0 Å². The second kappa shape index (κ2) is 8.43. The lowest BCUT2D eigenvalue weighted by Crippen LogP contribution is -2.46. The number of hydrogen-bond donors (Lipinski definition) is 1. The highest BCUT2D eigenvalue weighted by atomic mass is 16.5. The first-order valence-electron chi connectivity index (χ1n) is 11.4. The molecule has 1 atom stereocenters. The van der Waals surface area contributed by atoms with Crippen molar-refractivity contribution in [2.75, 3.05) is 32.0 Å². The molecule has 2 amide bonds. The van der Waals surface area contributed by atoms with Crippen LogP contribution >= 0.6 is 0 Å². The Morgan fingerprint density at radius 2 is 1.84 bits per heavy atom. The normalized spacial score (nSPS) is 19.7. The van der Waals surface area contributed by atoms with E-state index in [1.165, 1.54) is 0 Å². The summed E-state index contributed by atoms with van der Waals surface area (Å²) < 4.78 is 5.42. The number of hydrogen-bond acceptors (Lipinski definition) is 4. The summed E-state index contributed by atoms with van der Waals surface area (Å²) in [5.74, 6) is 1.32. The van der Waals surface area contributed by atoms with Crippen LogP contribution in [-0.2, 0) is 0 Å². The third-order valence-corrected chi connectivity index (χ3v) is 6.89. The molecule has 1 unspecified atom stereocenters. The van der Waals surface area contributed by atoms with Crippen LogP contribution in [0.2, 0.25) is 0 Å². The zero-order valence-electron chi connectivity index (χ0n) is 19.0. The van der Waals surface area contributed by atoms with Gasteiger partial charge in [0.2, 0.25) is 0 Å². The van der Waals surface area contributed by atoms with E-state index < -0.39 is 0 Å². The highest BCUT2D eigenvalue weighted by molar-refractivity contribution is 5.94. The summed E-state index contributed by atoms with van der Waals surface area (Å²) in [6.07, 6.45) is 2.24. The van der Waals surface area contributed by atoms with Gasteiger partial charge in [0.25, 0.3) is 0 Å². The van der Waals surface area contributed by atoms with Crippen LogP contribution < -0.4 is 5.32 Å². The van der Waals surface area contributed by atoms with Crippen molar-refractivity contribution >= 4 is 11.7 Å². The summed E-state index contributed by atoms with van der Waals surface area (Å²) in [4.78, 5) is 17.7. The number of aryl methyl sites for hydroxylation is 2. The molecule has 2 aromatic carbocycles. The molecule has 0 radical (unpaired) electrons. The summed E-state index contributed by atoms with van der Waals surface area (Å²) in [6, 6.07) is 16.5. The second-order valence-electron chi connectivity index (χ2n) is 9.14. The van der Waals surface area contributed by atoms with Crippen LogP contribution in [0.5, 0.6) is 0 Å². The van der Waals surface area contributed by atoms with Crippen molar-refractivity contribution in [3.8, 4) is 11.1 Å². The van der Waals surface area contributed by atoms with Crippen molar-refractivity contribution in [2.45, 2.75) is 32.7 Å². The van der Waals surface area contributed by atoms with Crippen LogP contribution in [0.4, 0.5) is 10.5 Å². The van der Waals surface area contributed by atoms with Gasteiger partial charge in [-0.1, -0.05) is 41.6 Å². The Hall–Kier alpha value is -3.12. The van der Waals surface area contributed by atoms with Crippen molar-refractivity contribution in [1.82, 2.24) is 15.0 Å². The number of aromatic nitrogens is 1. The molecular formula is C26H30N4O2. The average Bonchev–Trinajstić information content (AvgIpc) is 3.14. The summed E-state index contributed by atoms with van der Waals surface area (Å²) in [5, 5.41) is 7.28. The second-order valence-corrected chi connectivity index (χ2v) is 9.14. The minimum absolute atomic E-state index is 0.0182. The molecule has 6 heteroatoms. The van der Waals surface area contributed by atoms with Gasteiger partial charge in [-0.3, -0.25) is 0 Å². The zero-order chi connectivity index (χ0) is 22.2. The number of carbonyl (C=O) groups excluding carboxylic acids is 1. The van der Waals surface area contributed by atoms with Crippen LogP contribution in [0.15, 0.2) is 53.1 Å². The van der Waals surface area contributed by atoms with Crippen molar-refractivity contribution in [3.05, 3.63) is 71.1 Å². The van der Waals surface area contributed by atoms with E-state index in [9.17, 15) is 4.79 Å². The molecule has 3 heterocycles.